The number of aliphatic hydroxyl groups is 2. The van der Waals surface area contributed by atoms with Crippen LogP contribution < -0.4 is 4.74 Å². The largest absolute Gasteiger partial charge is 0.497 e. The molecule has 0 aliphatic rings. The first-order chi connectivity index (χ1) is 10.2. The van der Waals surface area contributed by atoms with Gasteiger partial charge in [-0.25, -0.2) is 0 Å². The Kier molecular flexibility index (Phi) is 8.74. The molecule has 0 spiro atoms. The molecule has 0 aliphatic heterocycles. The first-order valence-corrected chi connectivity index (χ1v) is 7.32. The van der Waals surface area contributed by atoms with Crippen molar-refractivity contribution in [1.29, 1.82) is 0 Å². The third-order valence-corrected chi connectivity index (χ3v) is 3.42. The van der Waals surface area contributed by atoms with Crippen molar-refractivity contribution in [1.82, 2.24) is 0 Å². The highest BCUT2D eigenvalue weighted by Crippen LogP contribution is 2.14. The van der Waals surface area contributed by atoms with Gasteiger partial charge in [0.1, 0.15) is 5.75 Å². The van der Waals surface area contributed by atoms with Crippen LogP contribution in [0.1, 0.15) is 25.3 Å². The minimum atomic E-state index is -0.385. The van der Waals surface area contributed by atoms with Gasteiger partial charge >= 0.3 is 0 Å². The Hall–Kier alpha value is -1.36. The Balaban J connectivity index is 2.18. The topological polar surface area (TPSA) is 58.9 Å². The van der Waals surface area contributed by atoms with Crippen molar-refractivity contribution >= 4 is 0 Å². The lowest BCUT2D eigenvalue weighted by molar-refractivity contribution is 0.0500. The number of methoxy groups -OCH3 is 1. The summed E-state index contributed by atoms with van der Waals surface area (Å²) in [5.41, 5.74) is 1.09. The molecule has 0 unspecified atom stereocenters. The maximum atomic E-state index is 9.99. The van der Waals surface area contributed by atoms with Crippen LogP contribution in [0.15, 0.2) is 36.4 Å². The molecule has 1 aromatic rings. The van der Waals surface area contributed by atoms with Crippen LogP contribution in [0.25, 0.3) is 0 Å². The van der Waals surface area contributed by atoms with Crippen LogP contribution in [0, 0.1) is 5.92 Å². The third-order valence-electron chi connectivity index (χ3n) is 3.42. The molecule has 2 atom stereocenters. The van der Waals surface area contributed by atoms with Gasteiger partial charge in [-0.2, -0.15) is 0 Å². The molecule has 0 saturated carbocycles. The van der Waals surface area contributed by atoms with Crippen molar-refractivity contribution in [2.45, 2.75) is 32.5 Å². The number of hydrogen-bond donors (Lipinski definition) is 2. The van der Waals surface area contributed by atoms with Gasteiger partial charge in [-0.3, -0.25) is 0 Å². The van der Waals surface area contributed by atoms with E-state index in [0.29, 0.717) is 19.6 Å². The van der Waals surface area contributed by atoms with E-state index in [1.807, 2.05) is 37.3 Å². The standard InChI is InChI=1S/C17H26O4/c1-14(5-3-4-11-18)17(19)10-12-21-13-15-6-8-16(20-2)9-7-15/h3-4,6-9,14,17-19H,5,10-13H2,1-2H3/b4-3+/t14-,17-/m0/s1. The molecule has 4 heteroatoms. The van der Waals surface area contributed by atoms with E-state index in [2.05, 4.69) is 0 Å². The van der Waals surface area contributed by atoms with Gasteiger partial charge in [-0.15, -0.1) is 0 Å². The van der Waals surface area contributed by atoms with Gasteiger partial charge in [-0.1, -0.05) is 31.2 Å². The normalized spacial score (nSPS) is 14.3. The van der Waals surface area contributed by atoms with E-state index < -0.39 is 0 Å². The summed E-state index contributed by atoms with van der Waals surface area (Å²) in [5, 5.41) is 18.6. The fraction of sp³-hybridized carbons (Fsp3) is 0.529. The molecule has 21 heavy (non-hydrogen) atoms. The summed E-state index contributed by atoms with van der Waals surface area (Å²) in [6, 6.07) is 7.75. The lowest BCUT2D eigenvalue weighted by Crippen LogP contribution is -2.19. The second-order valence-corrected chi connectivity index (χ2v) is 5.12. The molecule has 0 aliphatic carbocycles. The molecule has 1 rings (SSSR count). The van der Waals surface area contributed by atoms with Crippen LogP contribution in [0.5, 0.6) is 5.75 Å². The molecular formula is C17H26O4. The minimum Gasteiger partial charge on any atom is -0.497 e. The molecular weight excluding hydrogens is 268 g/mol. The zero-order valence-corrected chi connectivity index (χ0v) is 12.9. The number of benzene rings is 1. The molecule has 1 aromatic carbocycles. The van der Waals surface area contributed by atoms with E-state index in [4.69, 9.17) is 14.6 Å². The predicted molar refractivity (Wildman–Crippen MR) is 83.3 cm³/mol. The molecule has 2 N–H and O–H groups in total. The number of ether oxygens (including phenoxy) is 2. The summed E-state index contributed by atoms with van der Waals surface area (Å²) >= 11 is 0. The first-order valence-electron chi connectivity index (χ1n) is 7.32. The van der Waals surface area contributed by atoms with Crippen molar-refractivity contribution in [3.63, 3.8) is 0 Å². The number of aliphatic hydroxyl groups excluding tert-OH is 2. The number of rotatable bonds is 10. The van der Waals surface area contributed by atoms with Gasteiger partial charge in [0.25, 0.3) is 0 Å². The number of hydrogen-bond acceptors (Lipinski definition) is 4. The molecule has 0 aromatic heterocycles. The van der Waals surface area contributed by atoms with Gasteiger partial charge in [0.2, 0.25) is 0 Å². The lowest BCUT2D eigenvalue weighted by atomic mass is 9.98. The first kappa shape index (κ1) is 17.7. The van der Waals surface area contributed by atoms with Crippen molar-refractivity contribution in [3.05, 3.63) is 42.0 Å². The average Bonchev–Trinajstić information content (AvgIpc) is 2.52. The van der Waals surface area contributed by atoms with E-state index in [1.54, 1.807) is 13.2 Å². The highest BCUT2D eigenvalue weighted by atomic mass is 16.5. The Morgan fingerprint density at radius 2 is 1.90 bits per heavy atom. The highest BCUT2D eigenvalue weighted by Gasteiger charge is 2.12. The molecule has 0 amide bonds. The molecule has 0 heterocycles. The van der Waals surface area contributed by atoms with Crippen molar-refractivity contribution in [3.8, 4) is 5.75 Å². The smallest absolute Gasteiger partial charge is 0.118 e. The molecule has 0 radical (unpaired) electrons. The Bertz CT molecular complexity index is 400. The summed E-state index contributed by atoms with van der Waals surface area (Å²) in [7, 11) is 1.64. The SMILES string of the molecule is COc1ccc(COCC[C@H](O)[C@@H](C)C/C=C/CO)cc1. The van der Waals surface area contributed by atoms with Gasteiger partial charge in [0.15, 0.2) is 0 Å². The average molecular weight is 294 g/mol. The van der Waals surface area contributed by atoms with Crippen molar-refractivity contribution in [2.24, 2.45) is 5.92 Å². The van der Waals surface area contributed by atoms with Crippen molar-refractivity contribution in [2.75, 3.05) is 20.3 Å². The minimum absolute atomic E-state index is 0.0494. The van der Waals surface area contributed by atoms with Gasteiger partial charge in [0.05, 0.1) is 26.4 Å². The van der Waals surface area contributed by atoms with Gasteiger partial charge in [-0.05, 0) is 36.5 Å². The van der Waals surface area contributed by atoms with Crippen molar-refractivity contribution < 1.29 is 19.7 Å². The van der Waals surface area contributed by atoms with Crippen LogP contribution in [-0.2, 0) is 11.3 Å². The summed E-state index contributed by atoms with van der Waals surface area (Å²) < 4.78 is 10.7. The zero-order valence-electron chi connectivity index (χ0n) is 12.9. The highest BCUT2D eigenvalue weighted by molar-refractivity contribution is 5.26. The predicted octanol–water partition coefficient (Wildman–Crippen LogP) is 2.54. The molecule has 0 fully saturated rings. The van der Waals surface area contributed by atoms with E-state index >= 15 is 0 Å². The second kappa shape index (κ2) is 10.4. The van der Waals surface area contributed by atoms with Crippen LogP contribution in [0.2, 0.25) is 0 Å². The monoisotopic (exact) mass is 294 g/mol. The zero-order chi connectivity index (χ0) is 15.5. The van der Waals surface area contributed by atoms with Crippen LogP contribution >= 0.6 is 0 Å². The second-order valence-electron chi connectivity index (χ2n) is 5.12. The Morgan fingerprint density at radius 3 is 2.52 bits per heavy atom. The quantitative estimate of drug-likeness (QED) is 0.514. The van der Waals surface area contributed by atoms with Crippen LogP contribution in [0.3, 0.4) is 0 Å². The van der Waals surface area contributed by atoms with E-state index in [0.717, 1.165) is 17.7 Å². The summed E-state index contributed by atoms with van der Waals surface area (Å²) in [4.78, 5) is 0. The molecule has 0 saturated heterocycles. The number of allylic oxidation sites excluding steroid dienone is 1. The fourth-order valence-corrected chi connectivity index (χ4v) is 1.94. The summed E-state index contributed by atoms with van der Waals surface area (Å²) in [5.74, 6) is 0.997. The third kappa shape index (κ3) is 7.27. The lowest BCUT2D eigenvalue weighted by Gasteiger charge is -2.17. The van der Waals surface area contributed by atoms with Gasteiger partial charge in [0, 0.05) is 6.61 Å². The fourth-order valence-electron chi connectivity index (χ4n) is 1.94. The van der Waals surface area contributed by atoms with E-state index in [9.17, 15) is 5.11 Å². The van der Waals surface area contributed by atoms with E-state index in [-0.39, 0.29) is 18.6 Å². The van der Waals surface area contributed by atoms with E-state index in [1.165, 1.54) is 0 Å². The molecule has 118 valence electrons. The van der Waals surface area contributed by atoms with Gasteiger partial charge < -0.3 is 19.7 Å². The maximum Gasteiger partial charge on any atom is 0.118 e. The Labute approximate surface area is 127 Å². The summed E-state index contributed by atoms with van der Waals surface area (Å²) in [6.07, 6.45) is 4.59. The molecule has 4 nitrogen and oxygen atoms in total. The van der Waals surface area contributed by atoms with Crippen LogP contribution in [-0.4, -0.2) is 36.6 Å². The van der Waals surface area contributed by atoms with Crippen LogP contribution in [0.4, 0.5) is 0 Å². The maximum absolute atomic E-state index is 9.99. The molecule has 0 bridgehead atoms. The summed E-state index contributed by atoms with van der Waals surface area (Å²) in [6.45, 7) is 3.11. The Morgan fingerprint density at radius 1 is 1.19 bits per heavy atom.